The fourth-order valence-corrected chi connectivity index (χ4v) is 2.88. The van der Waals surface area contributed by atoms with Crippen molar-refractivity contribution in [3.8, 4) is 0 Å². The largest absolute Gasteiger partial charge is 0.478 e. The first-order valence-electron chi connectivity index (χ1n) is 6.72. The number of carboxylic acid groups (broad SMARTS) is 1. The van der Waals surface area contributed by atoms with Crippen molar-refractivity contribution in [2.24, 2.45) is 0 Å². The van der Waals surface area contributed by atoms with Crippen molar-refractivity contribution in [3.63, 3.8) is 0 Å². The molecule has 3 rings (SSSR count). The van der Waals surface area contributed by atoms with Crippen molar-refractivity contribution in [2.75, 3.05) is 20.1 Å². The molecule has 6 nitrogen and oxygen atoms in total. The van der Waals surface area contributed by atoms with Gasteiger partial charge in [0.1, 0.15) is 0 Å². The Hall–Kier alpha value is -2.08. The Morgan fingerprint density at radius 1 is 1.35 bits per heavy atom. The zero-order valence-corrected chi connectivity index (χ0v) is 11.3. The maximum absolute atomic E-state index is 12.1. The maximum atomic E-state index is 12.1. The van der Waals surface area contributed by atoms with Crippen LogP contribution in [-0.2, 0) is 0 Å². The number of aromatic nitrogens is 2. The van der Waals surface area contributed by atoms with Gasteiger partial charge in [0.25, 0.3) is 0 Å². The minimum absolute atomic E-state index is 0.155. The summed E-state index contributed by atoms with van der Waals surface area (Å²) in [5.74, 6) is -0.986. The van der Waals surface area contributed by atoms with Gasteiger partial charge in [0.05, 0.1) is 16.6 Å². The number of aromatic amines is 1. The monoisotopic (exact) mass is 275 g/mol. The molecule has 1 aromatic heterocycles. The van der Waals surface area contributed by atoms with Gasteiger partial charge in [-0.25, -0.2) is 9.59 Å². The third-order valence-electron chi connectivity index (χ3n) is 4.02. The molecule has 106 valence electrons. The molecule has 0 saturated carbocycles. The summed E-state index contributed by atoms with van der Waals surface area (Å²) in [5.41, 5.74) is 1.41. The molecule has 1 aliphatic rings. The van der Waals surface area contributed by atoms with Crippen LogP contribution in [0, 0.1) is 0 Å². The van der Waals surface area contributed by atoms with E-state index in [4.69, 9.17) is 5.11 Å². The minimum Gasteiger partial charge on any atom is -0.478 e. The van der Waals surface area contributed by atoms with Gasteiger partial charge in [-0.3, -0.25) is 4.57 Å². The van der Waals surface area contributed by atoms with Crippen LogP contribution in [0.4, 0.5) is 0 Å². The smallest absolute Gasteiger partial charge is 0.335 e. The highest BCUT2D eigenvalue weighted by molar-refractivity contribution is 5.92. The van der Waals surface area contributed by atoms with Crippen molar-refractivity contribution in [1.29, 1.82) is 0 Å². The first kappa shape index (κ1) is 12.9. The number of aromatic carboxylic acids is 1. The van der Waals surface area contributed by atoms with E-state index in [1.54, 1.807) is 16.7 Å². The lowest BCUT2D eigenvalue weighted by molar-refractivity contribution is 0.0697. The fourth-order valence-electron chi connectivity index (χ4n) is 2.88. The molecule has 0 aliphatic carbocycles. The summed E-state index contributed by atoms with van der Waals surface area (Å²) in [6.45, 7) is 1.94. The van der Waals surface area contributed by atoms with E-state index in [9.17, 15) is 9.59 Å². The molecule has 1 saturated heterocycles. The molecule has 1 fully saturated rings. The zero-order valence-electron chi connectivity index (χ0n) is 11.3. The first-order valence-corrected chi connectivity index (χ1v) is 6.72. The molecular formula is C14H17N3O3. The lowest BCUT2D eigenvalue weighted by atomic mass is 10.1. The topological polar surface area (TPSA) is 78.3 Å². The van der Waals surface area contributed by atoms with Gasteiger partial charge in [-0.05, 0) is 51.2 Å². The molecule has 0 amide bonds. The van der Waals surface area contributed by atoms with E-state index < -0.39 is 5.97 Å². The fraction of sp³-hybridized carbons (Fsp3) is 0.429. The number of fused-ring (bicyclic) bond motifs is 1. The summed E-state index contributed by atoms with van der Waals surface area (Å²) in [6.07, 6.45) is 1.87. The lowest BCUT2D eigenvalue weighted by Gasteiger charge is -2.29. The van der Waals surface area contributed by atoms with E-state index >= 15 is 0 Å². The Morgan fingerprint density at radius 3 is 2.70 bits per heavy atom. The van der Waals surface area contributed by atoms with Crippen molar-refractivity contribution < 1.29 is 9.90 Å². The number of piperidine rings is 1. The Morgan fingerprint density at radius 2 is 2.05 bits per heavy atom. The van der Waals surface area contributed by atoms with Crippen molar-refractivity contribution >= 4 is 17.0 Å². The number of carbonyl (C=O) groups is 1. The van der Waals surface area contributed by atoms with Gasteiger partial charge in [-0.2, -0.15) is 0 Å². The molecule has 0 unspecified atom stereocenters. The predicted molar refractivity (Wildman–Crippen MR) is 75.3 cm³/mol. The number of imidazole rings is 1. The molecule has 0 spiro atoms. The van der Waals surface area contributed by atoms with Gasteiger partial charge in [-0.1, -0.05) is 0 Å². The van der Waals surface area contributed by atoms with Crippen LogP contribution in [0.15, 0.2) is 23.0 Å². The zero-order chi connectivity index (χ0) is 14.3. The van der Waals surface area contributed by atoms with Crippen LogP contribution in [-0.4, -0.2) is 45.7 Å². The van der Waals surface area contributed by atoms with E-state index in [-0.39, 0.29) is 17.3 Å². The van der Waals surface area contributed by atoms with E-state index in [2.05, 4.69) is 16.9 Å². The van der Waals surface area contributed by atoms with Crippen molar-refractivity contribution in [3.05, 3.63) is 34.2 Å². The SMILES string of the molecule is CN1CCC(n2c(=O)[nH]c3cc(C(=O)O)ccc32)CC1. The molecule has 1 aliphatic heterocycles. The van der Waals surface area contributed by atoms with Gasteiger partial charge in [0.2, 0.25) is 0 Å². The van der Waals surface area contributed by atoms with Gasteiger partial charge in [0, 0.05) is 6.04 Å². The first-order chi connectivity index (χ1) is 9.56. The lowest BCUT2D eigenvalue weighted by Crippen LogP contribution is -2.34. The van der Waals surface area contributed by atoms with Crippen molar-refractivity contribution in [1.82, 2.24) is 14.5 Å². The van der Waals surface area contributed by atoms with Crippen LogP contribution >= 0.6 is 0 Å². The molecule has 0 bridgehead atoms. The van der Waals surface area contributed by atoms with Crippen LogP contribution in [0.3, 0.4) is 0 Å². The van der Waals surface area contributed by atoms with Gasteiger partial charge < -0.3 is 15.0 Å². The van der Waals surface area contributed by atoms with Crippen LogP contribution in [0.5, 0.6) is 0 Å². The molecule has 0 atom stereocenters. The third-order valence-corrected chi connectivity index (χ3v) is 4.02. The van der Waals surface area contributed by atoms with E-state index in [0.29, 0.717) is 5.52 Å². The molecule has 0 radical (unpaired) electrons. The minimum atomic E-state index is -0.986. The van der Waals surface area contributed by atoms with E-state index in [1.807, 2.05) is 0 Å². The Kier molecular flexibility index (Phi) is 3.10. The number of hydrogen-bond acceptors (Lipinski definition) is 3. The quantitative estimate of drug-likeness (QED) is 0.865. The highest BCUT2D eigenvalue weighted by atomic mass is 16.4. The normalized spacial score (nSPS) is 17.6. The van der Waals surface area contributed by atoms with E-state index in [1.165, 1.54) is 6.07 Å². The van der Waals surface area contributed by atoms with E-state index in [0.717, 1.165) is 31.4 Å². The molecule has 2 N–H and O–H groups in total. The number of rotatable bonds is 2. The summed E-state index contributed by atoms with van der Waals surface area (Å²) in [5, 5.41) is 8.99. The highest BCUT2D eigenvalue weighted by Gasteiger charge is 2.22. The average molecular weight is 275 g/mol. The summed E-state index contributed by atoms with van der Waals surface area (Å²) in [6, 6.07) is 4.96. The highest BCUT2D eigenvalue weighted by Crippen LogP contribution is 2.24. The summed E-state index contributed by atoms with van der Waals surface area (Å²) >= 11 is 0. The molecule has 1 aromatic carbocycles. The number of H-pyrrole nitrogens is 1. The standard InChI is InChI=1S/C14H17N3O3/c1-16-6-4-10(5-7-16)17-12-3-2-9(13(18)19)8-11(12)15-14(17)20/h2-3,8,10H,4-7H2,1H3,(H,15,20)(H,18,19). The molecular weight excluding hydrogens is 258 g/mol. The summed E-state index contributed by atoms with van der Waals surface area (Å²) in [7, 11) is 2.08. The second kappa shape index (κ2) is 4.79. The number of hydrogen-bond donors (Lipinski definition) is 2. The van der Waals surface area contributed by atoms with Crippen LogP contribution in [0.2, 0.25) is 0 Å². The summed E-state index contributed by atoms with van der Waals surface area (Å²) in [4.78, 5) is 28.1. The van der Waals surface area contributed by atoms with Crippen LogP contribution in [0.25, 0.3) is 11.0 Å². The van der Waals surface area contributed by atoms with Crippen LogP contribution in [0.1, 0.15) is 29.2 Å². The second-order valence-corrected chi connectivity index (χ2v) is 5.37. The Balaban J connectivity index is 2.05. The summed E-state index contributed by atoms with van der Waals surface area (Å²) < 4.78 is 1.77. The van der Waals surface area contributed by atoms with Gasteiger partial charge in [-0.15, -0.1) is 0 Å². The second-order valence-electron chi connectivity index (χ2n) is 5.37. The number of nitrogens with zero attached hydrogens (tertiary/aromatic N) is 2. The molecule has 2 heterocycles. The average Bonchev–Trinajstić information content (AvgIpc) is 2.74. The van der Waals surface area contributed by atoms with Crippen LogP contribution < -0.4 is 5.69 Å². The predicted octanol–water partition coefficient (Wildman–Crippen LogP) is 1.29. The Bertz CT molecular complexity index is 708. The molecule has 6 heteroatoms. The third kappa shape index (κ3) is 2.12. The number of carboxylic acids is 1. The molecule has 2 aromatic rings. The van der Waals surface area contributed by atoms with Gasteiger partial charge in [0.15, 0.2) is 0 Å². The number of likely N-dealkylation sites (tertiary alicyclic amines) is 1. The number of nitrogens with one attached hydrogen (secondary N) is 1. The van der Waals surface area contributed by atoms with Crippen molar-refractivity contribution in [2.45, 2.75) is 18.9 Å². The molecule has 20 heavy (non-hydrogen) atoms. The Labute approximate surface area is 115 Å². The number of benzene rings is 1. The maximum Gasteiger partial charge on any atom is 0.335 e. The van der Waals surface area contributed by atoms with Gasteiger partial charge >= 0.3 is 11.7 Å².